The fourth-order valence-corrected chi connectivity index (χ4v) is 2.39. The van der Waals surface area contributed by atoms with Crippen LogP contribution in [0.15, 0.2) is 24.3 Å². The van der Waals surface area contributed by atoms with E-state index in [0.29, 0.717) is 6.54 Å². The molecule has 19 heavy (non-hydrogen) atoms. The van der Waals surface area contributed by atoms with E-state index in [4.69, 9.17) is 17.3 Å². The fourth-order valence-electron chi connectivity index (χ4n) is 2.04. The van der Waals surface area contributed by atoms with Crippen molar-refractivity contribution in [2.75, 3.05) is 17.7 Å². The second kappa shape index (κ2) is 5.53. The molecule has 2 aromatic rings. The molecule has 0 aliphatic rings. The smallest absolute Gasteiger partial charge is 0.0868 e. The molecule has 0 bridgehead atoms. The molecule has 2 N–H and O–H groups in total. The van der Waals surface area contributed by atoms with Crippen molar-refractivity contribution in [2.24, 2.45) is 7.05 Å². The normalized spacial score (nSPS) is 10.7. The fraction of sp³-hybridized carbons (Fsp3) is 0.357. The van der Waals surface area contributed by atoms with Gasteiger partial charge in [-0.2, -0.15) is 5.10 Å². The predicted molar refractivity (Wildman–Crippen MR) is 80.6 cm³/mol. The van der Waals surface area contributed by atoms with Crippen molar-refractivity contribution in [3.8, 4) is 0 Å². The highest BCUT2D eigenvalue weighted by molar-refractivity contribution is 6.31. The van der Waals surface area contributed by atoms with Crippen LogP contribution in [0.4, 0.5) is 11.4 Å². The van der Waals surface area contributed by atoms with Gasteiger partial charge in [-0.1, -0.05) is 18.5 Å². The third-order valence-electron chi connectivity index (χ3n) is 3.22. The van der Waals surface area contributed by atoms with Gasteiger partial charge in [0.2, 0.25) is 0 Å². The zero-order valence-electron chi connectivity index (χ0n) is 11.5. The van der Waals surface area contributed by atoms with E-state index in [2.05, 4.69) is 16.9 Å². The van der Waals surface area contributed by atoms with Crippen LogP contribution in [0.2, 0.25) is 5.02 Å². The van der Waals surface area contributed by atoms with Gasteiger partial charge < -0.3 is 10.6 Å². The molecule has 0 atom stereocenters. The number of halogens is 1. The molecule has 0 aliphatic carbocycles. The van der Waals surface area contributed by atoms with Crippen molar-refractivity contribution in [2.45, 2.75) is 19.9 Å². The molecular formula is C14H19ClN4. The summed E-state index contributed by atoms with van der Waals surface area (Å²) in [5.41, 5.74) is 9.54. The molecule has 0 radical (unpaired) electrons. The van der Waals surface area contributed by atoms with Crippen LogP contribution in [0.1, 0.15) is 18.3 Å². The van der Waals surface area contributed by atoms with E-state index in [1.165, 1.54) is 0 Å². The number of hydrogen-bond acceptors (Lipinski definition) is 3. The Bertz CT molecular complexity index is 560. The van der Waals surface area contributed by atoms with Gasteiger partial charge in [0.15, 0.2) is 0 Å². The molecule has 4 nitrogen and oxygen atoms in total. The molecule has 0 saturated heterocycles. The highest BCUT2D eigenvalue weighted by Crippen LogP contribution is 2.24. The third-order valence-corrected chi connectivity index (χ3v) is 3.66. The van der Waals surface area contributed by atoms with Gasteiger partial charge >= 0.3 is 0 Å². The summed E-state index contributed by atoms with van der Waals surface area (Å²) in [5, 5.41) is 5.20. The lowest BCUT2D eigenvalue weighted by Crippen LogP contribution is -2.18. The molecule has 2 rings (SSSR count). The van der Waals surface area contributed by atoms with Crippen LogP contribution in [0, 0.1) is 0 Å². The average Bonchev–Trinajstić information content (AvgIpc) is 2.67. The monoisotopic (exact) mass is 278 g/mol. The maximum Gasteiger partial charge on any atom is 0.0868 e. The van der Waals surface area contributed by atoms with Crippen LogP contribution < -0.4 is 10.6 Å². The Morgan fingerprint density at radius 2 is 1.95 bits per heavy atom. The Kier molecular flexibility index (Phi) is 4.00. The maximum absolute atomic E-state index is 6.36. The molecule has 0 saturated carbocycles. The van der Waals surface area contributed by atoms with Crippen molar-refractivity contribution in [1.82, 2.24) is 9.78 Å². The second-order valence-electron chi connectivity index (χ2n) is 4.63. The zero-order chi connectivity index (χ0) is 14.0. The highest BCUT2D eigenvalue weighted by atomic mass is 35.5. The van der Waals surface area contributed by atoms with Crippen LogP contribution in [-0.2, 0) is 20.0 Å². The molecule has 5 heteroatoms. The van der Waals surface area contributed by atoms with E-state index in [0.717, 1.165) is 34.2 Å². The van der Waals surface area contributed by atoms with Crippen LogP contribution in [0.25, 0.3) is 0 Å². The van der Waals surface area contributed by atoms with Gasteiger partial charge in [0.05, 0.1) is 23.0 Å². The van der Waals surface area contributed by atoms with Crippen LogP contribution in [0.3, 0.4) is 0 Å². The lowest BCUT2D eigenvalue weighted by atomic mass is 10.2. The second-order valence-corrected chi connectivity index (χ2v) is 5.01. The number of aryl methyl sites for hydroxylation is 2. The summed E-state index contributed by atoms with van der Waals surface area (Å²) in [6.07, 6.45) is 0.845. The Hall–Kier alpha value is -1.68. The van der Waals surface area contributed by atoms with E-state index in [1.807, 2.05) is 43.0 Å². The number of nitrogens with two attached hydrogens (primary N) is 1. The topological polar surface area (TPSA) is 47.1 Å². The minimum atomic E-state index is 0.715. The Morgan fingerprint density at radius 3 is 2.47 bits per heavy atom. The molecule has 1 aromatic heterocycles. The SMILES string of the molecule is CCc1nn(C)c(CN(C)c2ccc(N)cc2)c1Cl. The molecule has 0 unspecified atom stereocenters. The third kappa shape index (κ3) is 2.84. The molecule has 1 aromatic carbocycles. The number of anilines is 2. The van der Waals surface area contributed by atoms with E-state index >= 15 is 0 Å². The number of hydrogen-bond donors (Lipinski definition) is 1. The van der Waals surface area contributed by atoms with E-state index in [9.17, 15) is 0 Å². The standard InChI is InChI=1S/C14H19ClN4/c1-4-12-14(15)13(19(3)17-12)9-18(2)11-7-5-10(16)6-8-11/h5-8H,4,9,16H2,1-3H3. The van der Waals surface area contributed by atoms with Crippen molar-refractivity contribution >= 4 is 23.0 Å². The minimum Gasteiger partial charge on any atom is -0.399 e. The van der Waals surface area contributed by atoms with E-state index in [-0.39, 0.29) is 0 Å². The Balaban J connectivity index is 2.21. The first-order chi connectivity index (χ1) is 9.02. The number of aromatic nitrogens is 2. The number of nitrogen functional groups attached to an aromatic ring is 1. The summed E-state index contributed by atoms with van der Waals surface area (Å²) in [6, 6.07) is 7.79. The van der Waals surface area contributed by atoms with Crippen molar-refractivity contribution in [1.29, 1.82) is 0 Å². The molecular weight excluding hydrogens is 260 g/mol. The molecule has 102 valence electrons. The first-order valence-corrected chi connectivity index (χ1v) is 6.67. The lowest BCUT2D eigenvalue weighted by Gasteiger charge is -2.19. The zero-order valence-corrected chi connectivity index (χ0v) is 12.3. The van der Waals surface area contributed by atoms with Crippen LogP contribution >= 0.6 is 11.6 Å². The number of nitrogens with zero attached hydrogens (tertiary/aromatic N) is 3. The van der Waals surface area contributed by atoms with Crippen molar-refractivity contribution in [3.63, 3.8) is 0 Å². The first-order valence-electron chi connectivity index (χ1n) is 6.29. The van der Waals surface area contributed by atoms with Gasteiger partial charge in [-0.3, -0.25) is 4.68 Å². The quantitative estimate of drug-likeness (QED) is 0.875. The molecule has 0 spiro atoms. The van der Waals surface area contributed by atoms with Crippen LogP contribution in [0.5, 0.6) is 0 Å². The average molecular weight is 279 g/mol. The van der Waals surface area contributed by atoms with Crippen molar-refractivity contribution < 1.29 is 0 Å². The van der Waals surface area contributed by atoms with Crippen molar-refractivity contribution in [3.05, 3.63) is 40.7 Å². The summed E-state index contributed by atoms with van der Waals surface area (Å²) < 4.78 is 1.86. The van der Waals surface area contributed by atoms with Crippen LogP contribution in [-0.4, -0.2) is 16.8 Å². The van der Waals surface area contributed by atoms with Gasteiger partial charge in [0.25, 0.3) is 0 Å². The van der Waals surface area contributed by atoms with E-state index < -0.39 is 0 Å². The van der Waals surface area contributed by atoms with Gasteiger partial charge in [-0.25, -0.2) is 0 Å². The molecule has 0 aliphatic heterocycles. The number of rotatable bonds is 4. The lowest BCUT2D eigenvalue weighted by molar-refractivity contribution is 0.689. The molecule has 1 heterocycles. The largest absolute Gasteiger partial charge is 0.399 e. The highest BCUT2D eigenvalue weighted by Gasteiger charge is 2.14. The van der Waals surface area contributed by atoms with Gasteiger partial charge in [0.1, 0.15) is 0 Å². The van der Waals surface area contributed by atoms with Gasteiger partial charge in [-0.05, 0) is 30.7 Å². The maximum atomic E-state index is 6.36. The first kappa shape index (κ1) is 13.7. The van der Waals surface area contributed by atoms with Gasteiger partial charge in [-0.15, -0.1) is 0 Å². The van der Waals surface area contributed by atoms with Gasteiger partial charge in [0, 0.05) is 25.5 Å². The Morgan fingerprint density at radius 1 is 1.32 bits per heavy atom. The minimum absolute atomic E-state index is 0.715. The molecule has 0 amide bonds. The summed E-state index contributed by atoms with van der Waals surface area (Å²) in [5.74, 6) is 0. The number of benzene rings is 1. The summed E-state index contributed by atoms with van der Waals surface area (Å²) in [7, 11) is 3.96. The van der Waals surface area contributed by atoms with E-state index in [1.54, 1.807) is 0 Å². The summed E-state index contributed by atoms with van der Waals surface area (Å²) in [4.78, 5) is 2.13. The molecule has 0 fully saturated rings. The Labute approximate surface area is 118 Å². The predicted octanol–water partition coefficient (Wildman–Crippen LogP) is 2.85. The summed E-state index contributed by atoms with van der Waals surface area (Å²) >= 11 is 6.36. The summed E-state index contributed by atoms with van der Waals surface area (Å²) in [6.45, 7) is 2.77.